The molecule has 2 aromatic rings. The number of hydrogen-bond acceptors (Lipinski definition) is 0. The Balaban J connectivity index is 1.92. The van der Waals surface area contributed by atoms with Gasteiger partial charge in [-0.2, -0.15) is 0 Å². The van der Waals surface area contributed by atoms with Crippen LogP contribution in [0.1, 0.15) is 176 Å². The predicted molar refractivity (Wildman–Crippen MR) is 195 cm³/mol. The maximum absolute atomic E-state index is 2.62. The molecule has 2 aromatic carbocycles. The molecule has 2 aliphatic rings. The molecule has 0 radical (unpaired) electrons. The molecule has 0 aromatic heterocycles. The lowest BCUT2D eigenvalue weighted by molar-refractivity contribution is 0.422. The van der Waals surface area contributed by atoms with Crippen LogP contribution in [0.3, 0.4) is 0 Å². The highest BCUT2D eigenvalue weighted by Crippen LogP contribution is 2.88. The number of benzene rings is 2. The third-order valence-corrected chi connectivity index (χ3v) is 17.2. The van der Waals surface area contributed by atoms with Gasteiger partial charge >= 0.3 is 0 Å². The second-order valence-corrected chi connectivity index (χ2v) is 24.6. The van der Waals surface area contributed by atoms with Crippen molar-refractivity contribution in [3.63, 3.8) is 0 Å². The Bertz CT molecular complexity index is 1170. The quantitative estimate of drug-likeness (QED) is 0.298. The topological polar surface area (TPSA) is 0 Å². The zero-order valence-corrected chi connectivity index (χ0v) is 31.6. The van der Waals surface area contributed by atoms with Crippen LogP contribution in [-0.4, -0.2) is 5.90 Å². The Kier molecular flexibility index (Phi) is 9.96. The number of hydrogen-bond donors (Lipinski definition) is 0. The Hall–Kier alpha value is -0.700. The Labute approximate surface area is 264 Å². The standard InChI is InChI=1S/C40H64P2/c1-36(2,3)29-26-32(37(4,5)6)35(33(27-29)38(7,8)9)42-28-41(42)34-30-22-21-23-31(34)40(12,13)25-20-18-16-14-15-17-19-24-39(30,10)11/h21-23,26-27H,14-20,24-25,28H2,1-13H3. The Morgan fingerprint density at radius 2 is 0.905 bits per heavy atom. The second kappa shape index (κ2) is 12.2. The van der Waals surface area contributed by atoms with Gasteiger partial charge in [-0.25, -0.2) is 0 Å². The number of fused-ring (bicyclic) bond motifs is 2. The molecule has 42 heavy (non-hydrogen) atoms. The van der Waals surface area contributed by atoms with Gasteiger partial charge in [-0.05, 0) is 93.6 Å². The summed E-state index contributed by atoms with van der Waals surface area (Å²) in [4.78, 5) is 0. The van der Waals surface area contributed by atoms with E-state index in [-0.39, 0.29) is 42.3 Å². The van der Waals surface area contributed by atoms with Gasteiger partial charge < -0.3 is 0 Å². The first kappa shape index (κ1) is 34.2. The van der Waals surface area contributed by atoms with Crippen molar-refractivity contribution in [2.45, 2.75) is 175 Å². The van der Waals surface area contributed by atoms with E-state index in [1.54, 1.807) is 27.6 Å². The monoisotopic (exact) mass is 606 g/mol. The molecule has 1 aliphatic carbocycles. The van der Waals surface area contributed by atoms with Crippen molar-refractivity contribution in [1.29, 1.82) is 0 Å². The summed E-state index contributed by atoms with van der Waals surface area (Å²) >= 11 is 0. The average Bonchev–Trinajstić information content (AvgIpc) is 3.64. The fourth-order valence-corrected chi connectivity index (χ4v) is 16.1. The first-order valence-electron chi connectivity index (χ1n) is 17.1. The van der Waals surface area contributed by atoms with Crippen LogP contribution in [-0.2, 0) is 27.1 Å². The van der Waals surface area contributed by atoms with Crippen LogP contribution in [0.2, 0.25) is 0 Å². The van der Waals surface area contributed by atoms with Crippen molar-refractivity contribution >= 4 is 25.8 Å². The van der Waals surface area contributed by atoms with E-state index in [1.807, 2.05) is 5.30 Å². The zero-order valence-electron chi connectivity index (χ0n) is 29.9. The normalized spacial score (nSPS) is 23.7. The van der Waals surface area contributed by atoms with Gasteiger partial charge in [0, 0.05) is 5.90 Å². The largest absolute Gasteiger partial charge is 0.0616 e. The van der Waals surface area contributed by atoms with E-state index >= 15 is 0 Å². The second-order valence-electron chi connectivity index (χ2n) is 18.1. The summed E-state index contributed by atoms with van der Waals surface area (Å²) in [6.45, 7) is 32.2. The molecule has 0 N–H and O–H groups in total. The molecule has 1 aliphatic heterocycles. The highest BCUT2D eigenvalue weighted by molar-refractivity contribution is 8.51. The van der Waals surface area contributed by atoms with Gasteiger partial charge in [-0.3, -0.25) is 0 Å². The fourth-order valence-electron chi connectivity index (χ4n) is 7.17. The van der Waals surface area contributed by atoms with Gasteiger partial charge in [0.25, 0.3) is 0 Å². The summed E-state index contributed by atoms with van der Waals surface area (Å²) < 4.78 is 0. The van der Waals surface area contributed by atoms with E-state index in [2.05, 4.69) is 120 Å². The smallest absolute Gasteiger partial charge is 0.00440 e. The molecule has 2 atom stereocenters. The predicted octanol–water partition coefficient (Wildman–Crippen LogP) is 12.5. The summed E-state index contributed by atoms with van der Waals surface area (Å²) in [5.74, 6) is 1.42. The van der Waals surface area contributed by atoms with Gasteiger partial charge in [0.05, 0.1) is 0 Å². The van der Waals surface area contributed by atoms with E-state index in [0.29, 0.717) is 0 Å². The molecular weight excluding hydrogens is 542 g/mol. The van der Waals surface area contributed by atoms with E-state index in [9.17, 15) is 0 Å². The lowest BCUT2D eigenvalue weighted by Gasteiger charge is -2.36. The fraction of sp³-hybridized carbons (Fsp3) is 0.700. The molecule has 1 heterocycles. The number of rotatable bonds is 2. The zero-order chi connectivity index (χ0) is 31.3. The minimum Gasteiger partial charge on any atom is -0.0616 e. The molecule has 0 amide bonds. The summed E-state index contributed by atoms with van der Waals surface area (Å²) in [5.41, 5.74) is 9.05. The van der Waals surface area contributed by atoms with Crippen molar-refractivity contribution < 1.29 is 0 Å². The molecule has 0 saturated carbocycles. The van der Waals surface area contributed by atoms with Crippen molar-refractivity contribution in [1.82, 2.24) is 0 Å². The van der Waals surface area contributed by atoms with Crippen molar-refractivity contribution in [3.8, 4) is 0 Å². The van der Waals surface area contributed by atoms with Crippen LogP contribution in [0, 0.1) is 0 Å². The van der Waals surface area contributed by atoms with Gasteiger partial charge in [0.15, 0.2) is 0 Å². The van der Waals surface area contributed by atoms with Gasteiger partial charge in [0.2, 0.25) is 0 Å². The first-order chi connectivity index (χ1) is 19.2. The van der Waals surface area contributed by atoms with Gasteiger partial charge in [-0.1, -0.05) is 165 Å². The minimum absolute atomic E-state index is 0.136. The molecular formula is C40H64P2. The average molecular weight is 607 g/mol. The maximum Gasteiger partial charge on any atom is 0.00440 e. The molecule has 1 fully saturated rings. The lowest BCUT2D eigenvalue weighted by Crippen LogP contribution is -2.32. The van der Waals surface area contributed by atoms with E-state index in [4.69, 9.17) is 0 Å². The van der Waals surface area contributed by atoms with E-state index in [0.717, 1.165) is 0 Å². The summed E-state index contributed by atoms with van der Waals surface area (Å²) in [6, 6.07) is 12.8. The van der Waals surface area contributed by atoms with Crippen LogP contribution in [0.25, 0.3) is 0 Å². The van der Waals surface area contributed by atoms with E-state index < -0.39 is 0 Å². The maximum atomic E-state index is 2.62. The van der Waals surface area contributed by atoms with Crippen LogP contribution in [0.4, 0.5) is 0 Å². The Morgan fingerprint density at radius 3 is 1.29 bits per heavy atom. The third-order valence-electron chi connectivity index (χ3n) is 10.2. The molecule has 2 bridgehead atoms. The van der Waals surface area contributed by atoms with Crippen LogP contribution in [0.15, 0.2) is 30.3 Å². The summed E-state index contributed by atoms with van der Waals surface area (Å²) in [7, 11) is -0.358. The first-order valence-corrected chi connectivity index (χ1v) is 20.9. The van der Waals surface area contributed by atoms with Gasteiger partial charge in [0.1, 0.15) is 0 Å². The van der Waals surface area contributed by atoms with E-state index in [1.165, 1.54) is 69.3 Å². The molecule has 4 rings (SSSR count). The van der Waals surface area contributed by atoms with Crippen LogP contribution in [0.5, 0.6) is 0 Å². The summed E-state index contributed by atoms with van der Waals surface area (Å²) in [6.07, 6.45) is 12.4. The molecule has 0 spiro atoms. The summed E-state index contributed by atoms with van der Waals surface area (Å²) in [5, 5.41) is 3.60. The Morgan fingerprint density at radius 1 is 0.524 bits per heavy atom. The molecule has 2 heteroatoms. The third kappa shape index (κ3) is 7.56. The van der Waals surface area contributed by atoms with Crippen LogP contribution >= 0.6 is 15.2 Å². The van der Waals surface area contributed by atoms with Crippen molar-refractivity contribution in [3.05, 3.63) is 58.1 Å². The lowest BCUT2D eigenvalue weighted by atomic mass is 9.74. The van der Waals surface area contributed by atoms with Crippen molar-refractivity contribution in [2.75, 3.05) is 5.90 Å². The minimum atomic E-state index is -0.183. The SMILES string of the molecule is CC(C)(C)c1cc(C(C)(C)C)c(P2CP2c2c3cccc2C(C)(C)CCCCCCCCCC3(C)C)c(C(C)(C)C)c1. The molecule has 234 valence electrons. The van der Waals surface area contributed by atoms with Crippen LogP contribution < -0.4 is 10.6 Å². The molecule has 2 unspecified atom stereocenters. The van der Waals surface area contributed by atoms with Gasteiger partial charge in [-0.15, -0.1) is 0 Å². The van der Waals surface area contributed by atoms with Crippen molar-refractivity contribution in [2.24, 2.45) is 0 Å². The molecule has 0 nitrogen and oxygen atoms in total. The molecule has 1 saturated heterocycles. The highest BCUT2D eigenvalue weighted by atomic mass is 32.1. The highest BCUT2D eigenvalue weighted by Gasteiger charge is 2.48.